The summed E-state index contributed by atoms with van der Waals surface area (Å²) in [5, 5.41) is 3.27. The molecule has 5 aromatic rings. The Morgan fingerprint density at radius 1 is 1.00 bits per heavy atom. The van der Waals surface area contributed by atoms with Crippen LogP contribution < -0.4 is 11.1 Å². The molecule has 0 aliphatic heterocycles. The molecule has 0 atom stereocenters. The minimum absolute atomic E-state index is 0.0244. The van der Waals surface area contributed by atoms with Crippen LogP contribution in [0.5, 0.6) is 0 Å². The number of nitrogens with two attached hydrogens (primary N) is 1. The Balaban J connectivity index is 1.48. The van der Waals surface area contributed by atoms with Gasteiger partial charge in [0.2, 0.25) is 0 Å². The number of rotatable bonds is 4. The number of halogens is 3. The van der Waals surface area contributed by atoms with Gasteiger partial charge in [-0.3, -0.25) is 4.79 Å². The van der Waals surface area contributed by atoms with Crippen LogP contribution in [0.3, 0.4) is 0 Å². The summed E-state index contributed by atoms with van der Waals surface area (Å²) in [6, 6.07) is 10.3. The molecule has 3 aromatic heterocycles. The molecular formula is C31H27F3N6O. The second-order valence-corrected chi connectivity index (χ2v) is 10.1. The van der Waals surface area contributed by atoms with E-state index in [-0.39, 0.29) is 23.0 Å². The molecule has 0 saturated heterocycles. The van der Waals surface area contributed by atoms with Crippen LogP contribution in [0.15, 0.2) is 67.4 Å². The first-order valence-corrected chi connectivity index (χ1v) is 12.8. The van der Waals surface area contributed by atoms with E-state index in [1.165, 1.54) is 12.4 Å². The monoisotopic (exact) mass is 556 g/mol. The van der Waals surface area contributed by atoms with E-state index in [1.807, 2.05) is 38.5 Å². The lowest BCUT2D eigenvalue weighted by Crippen LogP contribution is -2.14. The first-order valence-electron chi connectivity index (χ1n) is 12.8. The third-order valence-electron chi connectivity index (χ3n) is 6.67. The Morgan fingerprint density at radius 3 is 2.44 bits per heavy atom. The van der Waals surface area contributed by atoms with Crippen LogP contribution in [0.4, 0.5) is 24.7 Å². The van der Waals surface area contributed by atoms with Gasteiger partial charge in [-0.25, -0.2) is 9.97 Å². The average molecular weight is 557 g/mol. The van der Waals surface area contributed by atoms with Crippen LogP contribution in [0.2, 0.25) is 0 Å². The zero-order valence-corrected chi connectivity index (χ0v) is 22.8. The maximum atomic E-state index is 13.7. The minimum Gasteiger partial charge on any atom is -0.383 e. The molecule has 2 aromatic carbocycles. The van der Waals surface area contributed by atoms with Crippen molar-refractivity contribution in [2.24, 2.45) is 0 Å². The number of carbonyl (C=O) groups is 1. The summed E-state index contributed by atoms with van der Waals surface area (Å²) in [5.74, 6) is 6.01. The maximum Gasteiger partial charge on any atom is 0.416 e. The highest BCUT2D eigenvalue weighted by Gasteiger charge is 2.31. The van der Waals surface area contributed by atoms with Crippen LogP contribution in [-0.4, -0.2) is 25.0 Å². The maximum absolute atomic E-state index is 13.7. The van der Waals surface area contributed by atoms with Gasteiger partial charge < -0.3 is 20.2 Å². The van der Waals surface area contributed by atoms with E-state index in [2.05, 4.69) is 27.1 Å². The van der Waals surface area contributed by atoms with Gasteiger partial charge in [-0.1, -0.05) is 17.9 Å². The molecule has 0 fully saturated rings. The quantitative estimate of drug-likeness (QED) is 0.242. The first kappa shape index (κ1) is 27.5. The van der Waals surface area contributed by atoms with E-state index in [0.29, 0.717) is 28.0 Å². The van der Waals surface area contributed by atoms with Crippen molar-refractivity contribution in [3.8, 4) is 17.5 Å². The highest BCUT2D eigenvalue weighted by Crippen LogP contribution is 2.33. The number of aromatic nitrogens is 4. The van der Waals surface area contributed by atoms with Crippen molar-refractivity contribution in [2.45, 2.75) is 39.9 Å². The zero-order valence-electron chi connectivity index (χ0n) is 22.8. The Hall–Kier alpha value is -5.04. The fourth-order valence-electron chi connectivity index (χ4n) is 4.49. The van der Waals surface area contributed by atoms with Crippen LogP contribution in [0, 0.1) is 25.7 Å². The van der Waals surface area contributed by atoms with E-state index < -0.39 is 17.6 Å². The molecule has 0 saturated carbocycles. The molecule has 0 radical (unpaired) electrons. The lowest BCUT2D eigenvalue weighted by Gasteiger charge is -2.14. The van der Waals surface area contributed by atoms with Crippen molar-refractivity contribution in [3.63, 3.8) is 0 Å². The average Bonchev–Trinajstić information content (AvgIpc) is 3.52. The van der Waals surface area contributed by atoms with Gasteiger partial charge in [-0.2, -0.15) is 13.2 Å². The zero-order chi connectivity index (χ0) is 29.5. The molecular weight excluding hydrogens is 529 g/mol. The smallest absolute Gasteiger partial charge is 0.383 e. The largest absolute Gasteiger partial charge is 0.416 e. The molecule has 0 spiro atoms. The van der Waals surface area contributed by atoms with E-state index in [4.69, 9.17) is 5.73 Å². The number of aryl methyl sites for hydroxylation is 2. The van der Waals surface area contributed by atoms with Gasteiger partial charge in [-0.05, 0) is 75.2 Å². The van der Waals surface area contributed by atoms with Crippen molar-refractivity contribution in [1.29, 1.82) is 0 Å². The highest BCUT2D eigenvalue weighted by atomic mass is 19.4. The van der Waals surface area contributed by atoms with Gasteiger partial charge in [0.25, 0.3) is 5.91 Å². The number of alkyl halides is 3. The molecule has 208 valence electrons. The molecule has 10 heteroatoms. The Labute approximate surface area is 234 Å². The molecule has 1 amide bonds. The van der Waals surface area contributed by atoms with E-state index in [9.17, 15) is 18.0 Å². The van der Waals surface area contributed by atoms with Crippen LogP contribution >= 0.6 is 0 Å². The van der Waals surface area contributed by atoms with Gasteiger partial charge in [0.05, 0.1) is 16.5 Å². The normalized spacial score (nSPS) is 11.5. The number of nitrogens with zero attached hydrogens (tertiary/aromatic N) is 4. The van der Waals surface area contributed by atoms with E-state index in [0.717, 1.165) is 23.3 Å². The summed E-state index contributed by atoms with van der Waals surface area (Å²) in [7, 11) is 0. The molecule has 7 nitrogen and oxygen atoms in total. The number of carbonyl (C=O) groups excluding carboxylic acids is 1. The first-order chi connectivity index (χ1) is 19.4. The number of hydrogen-bond donors (Lipinski definition) is 2. The number of benzene rings is 2. The number of hydrogen-bond acceptors (Lipinski definition) is 4. The van der Waals surface area contributed by atoms with Crippen molar-refractivity contribution in [3.05, 3.63) is 101 Å². The SMILES string of the molecule is Cc1ccn(-c2cc(NC(=O)c3ccc(C)c(C#Cc4cn(C(C)C)c5ncnc(N)c45)c3)cc(C(F)(F)F)c2)c1. The summed E-state index contributed by atoms with van der Waals surface area (Å²) in [5.41, 5.74) is 9.47. The molecule has 0 bridgehead atoms. The van der Waals surface area contributed by atoms with Crippen molar-refractivity contribution in [2.75, 3.05) is 11.1 Å². The summed E-state index contributed by atoms with van der Waals surface area (Å²) >= 11 is 0. The van der Waals surface area contributed by atoms with Gasteiger partial charge in [0.15, 0.2) is 0 Å². The molecule has 41 heavy (non-hydrogen) atoms. The van der Waals surface area contributed by atoms with E-state index in [1.54, 1.807) is 41.2 Å². The fourth-order valence-corrected chi connectivity index (χ4v) is 4.49. The second kappa shape index (κ2) is 10.5. The molecule has 5 rings (SSSR count). The van der Waals surface area contributed by atoms with Gasteiger partial charge in [0.1, 0.15) is 17.8 Å². The number of nitrogens with one attached hydrogen (secondary N) is 1. The third kappa shape index (κ3) is 5.65. The molecule has 0 unspecified atom stereocenters. The van der Waals surface area contributed by atoms with Gasteiger partial charge in [0, 0.05) is 47.1 Å². The van der Waals surface area contributed by atoms with Crippen molar-refractivity contribution in [1.82, 2.24) is 19.1 Å². The minimum atomic E-state index is -4.59. The predicted octanol–water partition coefficient (Wildman–Crippen LogP) is 6.67. The number of anilines is 2. The van der Waals surface area contributed by atoms with Crippen LogP contribution in [-0.2, 0) is 6.18 Å². The fraction of sp³-hybridized carbons (Fsp3) is 0.194. The van der Waals surface area contributed by atoms with Crippen LogP contribution in [0.1, 0.15) is 58.1 Å². The summed E-state index contributed by atoms with van der Waals surface area (Å²) < 4.78 is 44.5. The second-order valence-electron chi connectivity index (χ2n) is 10.1. The molecule has 0 aliphatic rings. The summed E-state index contributed by atoms with van der Waals surface area (Å²) in [4.78, 5) is 21.6. The predicted molar refractivity (Wildman–Crippen MR) is 153 cm³/mol. The van der Waals surface area contributed by atoms with Crippen molar-refractivity contribution >= 4 is 28.4 Å². The summed E-state index contributed by atoms with van der Waals surface area (Å²) in [6.07, 6.45) is 2.07. The number of fused-ring (bicyclic) bond motifs is 1. The lowest BCUT2D eigenvalue weighted by atomic mass is 10.0. The Kier molecular flexibility index (Phi) is 7.05. The topological polar surface area (TPSA) is 90.8 Å². The van der Waals surface area contributed by atoms with E-state index >= 15 is 0 Å². The third-order valence-corrected chi connectivity index (χ3v) is 6.67. The van der Waals surface area contributed by atoms with Gasteiger partial charge in [-0.15, -0.1) is 0 Å². The van der Waals surface area contributed by atoms with Crippen molar-refractivity contribution < 1.29 is 18.0 Å². The standard InChI is InChI=1S/C31H27F3N6O/c1-18(2)40-16-23(27-28(35)36-17-37-29(27)40)8-7-21-11-22(6-5-20(21)4)30(41)38-25-12-24(31(32,33)34)13-26(14-25)39-10-9-19(3)15-39/h5-6,9-18H,1-4H3,(H,38,41)(H2,35,36,37). The lowest BCUT2D eigenvalue weighted by molar-refractivity contribution is -0.137. The Bertz CT molecular complexity index is 1850. The Morgan fingerprint density at radius 2 is 1.76 bits per heavy atom. The molecule has 3 N–H and O–H groups in total. The number of nitrogen functional groups attached to an aromatic ring is 1. The molecule has 0 aliphatic carbocycles. The van der Waals surface area contributed by atoms with Crippen LogP contribution in [0.25, 0.3) is 16.7 Å². The van der Waals surface area contributed by atoms with Gasteiger partial charge >= 0.3 is 6.18 Å². The number of amides is 1. The summed E-state index contributed by atoms with van der Waals surface area (Å²) in [6.45, 7) is 7.75. The molecule has 3 heterocycles. The highest BCUT2D eigenvalue weighted by molar-refractivity contribution is 6.04.